The summed E-state index contributed by atoms with van der Waals surface area (Å²) in [5.74, 6) is -2.09. The van der Waals surface area contributed by atoms with E-state index in [0.29, 0.717) is 30.8 Å². The summed E-state index contributed by atoms with van der Waals surface area (Å²) in [5, 5.41) is 14.6. The van der Waals surface area contributed by atoms with Crippen LogP contribution in [0.5, 0.6) is 0 Å². The Kier molecular flexibility index (Phi) is 10.6. The molecule has 188 valence electrons. The first-order chi connectivity index (χ1) is 16.1. The van der Waals surface area contributed by atoms with Crippen LogP contribution in [0.2, 0.25) is 0 Å². The number of rotatable bonds is 12. The molecule has 34 heavy (non-hydrogen) atoms. The standard InChI is InChI=1S/C22H33N5O6S/c1-13(2)9-17(22(32)33)26-20(30)16(10-15-11-23-12-24-15)25-21(31)18-5-4-7-27(18)19(29)6-8-34-14(3)28/h11-13,16-18H,4-10H2,1-3H3,(H,23,24)(H,25,31)(H,26,30)(H,32,33)/t16-,17-,18-/m0/s1. The first kappa shape index (κ1) is 27.4. The van der Waals surface area contributed by atoms with Gasteiger partial charge in [-0.25, -0.2) is 9.78 Å². The molecule has 2 rings (SSSR count). The zero-order valence-electron chi connectivity index (χ0n) is 19.7. The highest BCUT2D eigenvalue weighted by Gasteiger charge is 2.36. The number of carbonyl (C=O) groups excluding carboxylic acids is 4. The Bertz CT molecular complexity index is 875. The summed E-state index contributed by atoms with van der Waals surface area (Å²) in [7, 11) is 0. The lowest BCUT2D eigenvalue weighted by Gasteiger charge is -2.27. The molecular weight excluding hydrogens is 462 g/mol. The molecule has 0 saturated carbocycles. The third-order valence-corrected chi connectivity index (χ3v) is 6.23. The Hall–Kier alpha value is -2.89. The summed E-state index contributed by atoms with van der Waals surface area (Å²) < 4.78 is 0. The van der Waals surface area contributed by atoms with Gasteiger partial charge < -0.3 is 25.6 Å². The molecule has 12 heteroatoms. The Morgan fingerprint density at radius 3 is 2.56 bits per heavy atom. The highest BCUT2D eigenvalue weighted by atomic mass is 32.2. The third-order valence-electron chi connectivity index (χ3n) is 5.42. The highest BCUT2D eigenvalue weighted by molar-refractivity contribution is 8.13. The summed E-state index contributed by atoms with van der Waals surface area (Å²) >= 11 is 1.06. The number of hydrogen-bond acceptors (Lipinski definition) is 7. The average molecular weight is 496 g/mol. The Morgan fingerprint density at radius 1 is 1.24 bits per heavy atom. The van der Waals surface area contributed by atoms with E-state index >= 15 is 0 Å². The second kappa shape index (κ2) is 13.1. The van der Waals surface area contributed by atoms with Gasteiger partial charge in [-0.05, 0) is 25.2 Å². The molecule has 1 saturated heterocycles. The maximum absolute atomic E-state index is 13.1. The molecule has 1 aliphatic rings. The lowest BCUT2D eigenvalue weighted by atomic mass is 10.0. The summed E-state index contributed by atoms with van der Waals surface area (Å²) in [5.41, 5.74) is 0.525. The van der Waals surface area contributed by atoms with E-state index in [9.17, 15) is 29.1 Å². The quantitative estimate of drug-likeness (QED) is 0.330. The predicted molar refractivity (Wildman–Crippen MR) is 126 cm³/mol. The predicted octanol–water partition coefficient (Wildman–Crippen LogP) is 0.713. The van der Waals surface area contributed by atoms with Crippen LogP contribution in [-0.4, -0.2) is 79.2 Å². The van der Waals surface area contributed by atoms with Crippen molar-refractivity contribution in [2.75, 3.05) is 12.3 Å². The highest BCUT2D eigenvalue weighted by Crippen LogP contribution is 2.20. The normalized spacial score (nSPS) is 17.3. The SMILES string of the molecule is CC(=O)SCCC(=O)N1CCC[C@H]1C(=O)N[C@@H](Cc1c[nH]cn1)C(=O)N[C@@H](CC(C)C)C(=O)O. The lowest BCUT2D eigenvalue weighted by Crippen LogP contribution is -2.56. The number of thioether (sulfide) groups is 1. The number of aromatic nitrogens is 2. The molecule has 0 aromatic carbocycles. The van der Waals surface area contributed by atoms with Gasteiger partial charge in [0.05, 0.1) is 12.0 Å². The molecule has 3 atom stereocenters. The fourth-order valence-corrected chi connectivity index (χ4v) is 4.38. The maximum Gasteiger partial charge on any atom is 0.326 e. The van der Waals surface area contributed by atoms with Gasteiger partial charge in [-0.3, -0.25) is 19.2 Å². The van der Waals surface area contributed by atoms with Gasteiger partial charge in [-0.15, -0.1) is 0 Å². The number of aliphatic carboxylic acids is 1. The van der Waals surface area contributed by atoms with Crippen LogP contribution in [0.15, 0.2) is 12.5 Å². The van der Waals surface area contributed by atoms with Crippen molar-refractivity contribution in [3.8, 4) is 0 Å². The van der Waals surface area contributed by atoms with Crippen LogP contribution in [0.3, 0.4) is 0 Å². The van der Waals surface area contributed by atoms with E-state index in [-0.39, 0.29) is 36.2 Å². The number of carboxylic acids is 1. The maximum atomic E-state index is 13.1. The third kappa shape index (κ3) is 8.47. The van der Waals surface area contributed by atoms with Crippen LogP contribution < -0.4 is 10.6 Å². The smallest absolute Gasteiger partial charge is 0.326 e. The van der Waals surface area contributed by atoms with Crippen LogP contribution in [0.25, 0.3) is 0 Å². The zero-order chi connectivity index (χ0) is 25.3. The van der Waals surface area contributed by atoms with Crippen LogP contribution in [0.4, 0.5) is 0 Å². The summed E-state index contributed by atoms with van der Waals surface area (Å²) in [6, 6.07) is -2.87. The molecule has 0 spiro atoms. The van der Waals surface area contributed by atoms with Gasteiger partial charge in [0.2, 0.25) is 17.7 Å². The van der Waals surface area contributed by atoms with E-state index in [4.69, 9.17) is 0 Å². The molecule has 1 fully saturated rings. The van der Waals surface area contributed by atoms with Crippen LogP contribution in [0.1, 0.15) is 52.1 Å². The number of nitrogens with one attached hydrogen (secondary N) is 3. The van der Waals surface area contributed by atoms with Crippen molar-refractivity contribution in [1.82, 2.24) is 25.5 Å². The van der Waals surface area contributed by atoms with Crippen molar-refractivity contribution in [2.24, 2.45) is 5.92 Å². The van der Waals surface area contributed by atoms with E-state index in [0.717, 1.165) is 11.8 Å². The molecule has 0 unspecified atom stereocenters. The molecule has 1 aromatic heterocycles. The number of nitrogens with zero attached hydrogens (tertiary/aromatic N) is 2. The number of aromatic amines is 1. The molecular formula is C22H33N5O6S. The molecule has 2 heterocycles. The Morgan fingerprint density at radius 2 is 1.97 bits per heavy atom. The Balaban J connectivity index is 2.09. The fraction of sp³-hybridized carbons (Fsp3) is 0.636. The van der Waals surface area contributed by atoms with Crippen molar-refractivity contribution in [1.29, 1.82) is 0 Å². The Labute approximate surface area is 202 Å². The minimum atomic E-state index is -1.15. The second-order valence-electron chi connectivity index (χ2n) is 8.69. The second-order valence-corrected chi connectivity index (χ2v) is 9.96. The largest absolute Gasteiger partial charge is 0.480 e. The number of amides is 3. The van der Waals surface area contributed by atoms with E-state index in [2.05, 4.69) is 20.6 Å². The van der Waals surface area contributed by atoms with Crippen molar-refractivity contribution >= 4 is 40.6 Å². The monoisotopic (exact) mass is 495 g/mol. The summed E-state index contributed by atoms with van der Waals surface area (Å²) in [6.07, 6.45) is 4.59. The first-order valence-electron chi connectivity index (χ1n) is 11.3. The molecule has 1 aromatic rings. The van der Waals surface area contributed by atoms with Crippen molar-refractivity contribution in [2.45, 2.75) is 71.0 Å². The van der Waals surface area contributed by atoms with Crippen molar-refractivity contribution in [3.05, 3.63) is 18.2 Å². The van der Waals surface area contributed by atoms with Gasteiger partial charge in [0.15, 0.2) is 5.12 Å². The molecule has 0 bridgehead atoms. The lowest BCUT2D eigenvalue weighted by molar-refractivity contribution is -0.143. The van der Waals surface area contributed by atoms with E-state index in [1.54, 1.807) is 6.20 Å². The minimum Gasteiger partial charge on any atom is -0.480 e. The molecule has 4 N–H and O–H groups in total. The molecule has 0 aliphatic carbocycles. The van der Waals surface area contributed by atoms with E-state index in [1.165, 1.54) is 18.2 Å². The topological polar surface area (TPSA) is 162 Å². The van der Waals surface area contributed by atoms with Gasteiger partial charge in [-0.2, -0.15) is 0 Å². The van der Waals surface area contributed by atoms with Gasteiger partial charge in [0, 0.05) is 38.3 Å². The van der Waals surface area contributed by atoms with Crippen molar-refractivity contribution < 1.29 is 29.1 Å². The fourth-order valence-electron chi connectivity index (χ4n) is 3.82. The number of H-pyrrole nitrogens is 1. The first-order valence-corrected chi connectivity index (χ1v) is 12.3. The number of carboxylic acid groups (broad SMARTS) is 1. The number of carbonyl (C=O) groups is 5. The van der Waals surface area contributed by atoms with Crippen LogP contribution in [0, 0.1) is 5.92 Å². The minimum absolute atomic E-state index is 0.0417. The van der Waals surface area contributed by atoms with Gasteiger partial charge in [0.25, 0.3) is 0 Å². The van der Waals surface area contributed by atoms with Crippen LogP contribution >= 0.6 is 11.8 Å². The van der Waals surface area contributed by atoms with Crippen LogP contribution in [-0.2, 0) is 30.4 Å². The average Bonchev–Trinajstić information content (AvgIpc) is 3.44. The van der Waals surface area contributed by atoms with E-state index in [1.807, 2.05) is 13.8 Å². The molecule has 0 radical (unpaired) electrons. The van der Waals surface area contributed by atoms with Gasteiger partial charge >= 0.3 is 5.97 Å². The summed E-state index contributed by atoms with van der Waals surface area (Å²) in [6.45, 7) is 5.56. The molecule has 1 aliphatic heterocycles. The van der Waals surface area contributed by atoms with Gasteiger partial charge in [-0.1, -0.05) is 25.6 Å². The molecule has 3 amide bonds. The number of likely N-dealkylation sites (tertiary alicyclic amines) is 1. The number of hydrogen-bond donors (Lipinski definition) is 4. The zero-order valence-corrected chi connectivity index (χ0v) is 20.5. The van der Waals surface area contributed by atoms with Gasteiger partial charge in [0.1, 0.15) is 18.1 Å². The molecule has 11 nitrogen and oxygen atoms in total. The summed E-state index contributed by atoms with van der Waals surface area (Å²) in [4.78, 5) is 69.8. The number of imidazole rings is 1. The van der Waals surface area contributed by atoms with Crippen molar-refractivity contribution in [3.63, 3.8) is 0 Å². The van der Waals surface area contributed by atoms with E-state index < -0.39 is 35.9 Å².